The van der Waals surface area contributed by atoms with Crippen LogP contribution in [0.5, 0.6) is 0 Å². The Morgan fingerprint density at radius 1 is 1.08 bits per heavy atom. The number of pyridine rings is 1. The van der Waals surface area contributed by atoms with Crippen LogP contribution in [-0.2, 0) is 20.9 Å². The quantitative estimate of drug-likeness (QED) is 0.405. The van der Waals surface area contributed by atoms with Crippen LogP contribution in [0.3, 0.4) is 0 Å². The van der Waals surface area contributed by atoms with Crippen LogP contribution >= 0.6 is 11.8 Å². The number of thioether (sulfide) groups is 1. The van der Waals surface area contributed by atoms with Crippen LogP contribution in [0.15, 0.2) is 101 Å². The lowest BCUT2D eigenvalue weighted by Gasteiger charge is -2.36. The molecule has 2 aromatic carbocycles. The zero-order valence-electron chi connectivity index (χ0n) is 20.6. The Kier molecular flexibility index (Phi) is 7.65. The molecule has 1 atom stereocenters. The molecule has 192 valence electrons. The predicted molar refractivity (Wildman–Crippen MR) is 145 cm³/mol. The van der Waals surface area contributed by atoms with Gasteiger partial charge in [-0.25, -0.2) is 14.2 Å². The van der Waals surface area contributed by atoms with Gasteiger partial charge >= 0.3 is 5.97 Å². The molecule has 9 heteroatoms. The first-order valence-electron chi connectivity index (χ1n) is 12.2. The molecular weight excluding hydrogens is 503 g/mol. The molecule has 0 fully saturated rings. The van der Waals surface area contributed by atoms with Gasteiger partial charge in [-0.3, -0.25) is 9.78 Å². The minimum atomic E-state index is -0.735. The van der Waals surface area contributed by atoms with Crippen LogP contribution in [0.1, 0.15) is 36.1 Å². The molecule has 1 unspecified atom stereocenters. The van der Waals surface area contributed by atoms with Gasteiger partial charge in [0.05, 0.1) is 30.3 Å². The second-order valence-electron chi connectivity index (χ2n) is 8.61. The number of carbonyl (C=O) groups is 2. The summed E-state index contributed by atoms with van der Waals surface area (Å²) in [5.41, 5.74) is 3.64. The van der Waals surface area contributed by atoms with Crippen LogP contribution < -0.4 is 5.32 Å². The van der Waals surface area contributed by atoms with E-state index in [1.807, 2.05) is 52.8 Å². The summed E-state index contributed by atoms with van der Waals surface area (Å²) in [5.74, 6) is -1.16. The molecule has 7 nitrogen and oxygen atoms in total. The van der Waals surface area contributed by atoms with E-state index in [0.29, 0.717) is 28.7 Å². The lowest BCUT2D eigenvalue weighted by Crippen LogP contribution is -2.38. The highest BCUT2D eigenvalue weighted by Crippen LogP contribution is 2.47. The molecule has 0 saturated heterocycles. The monoisotopic (exact) mass is 528 g/mol. The van der Waals surface area contributed by atoms with E-state index in [2.05, 4.69) is 10.3 Å². The Morgan fingerprint density at radius 3 is 2.61 bits per heavy atom. The van der Waals surface area contributed by atoms with Crippen molar-refractivity contribution in [2.75, 3.05) is 6.61 Å². The van der Waals surface area contributed by atoms with E-state index in [1.165, 1.54) is 23.9 Å². The van der Waals surface area contributed by atoms with Crippen molar-refractivity contribution in [2.45, 2.75) is 25.9 Å². The molecule has 1 aromatic heterocycles. The standard InChI is InChI=1S/C29H25FN4O3S/c1-2-37-28(36)25-26(20-7-4-3-5-8-20)33-29-34(27(25)21-9-6-10-22(30)15-21)23(18-38-29)16-24(35)32-17-19-11-13-31-14-12-19/h3-15,18,27H,2,16-17H2,1H3,(H,32,35). The number of carbonyl (C=O) groups excluding carboxylic acids is 2. The van der Waals surface area contributed by atoms with Crippen molar-refractivity contribution < 1.29 is 18.7 Å². The first-order chi connectivity index (χ1) is 18.5. The third-order valence-corrected chi connectivity index (χ3v) is 6.99. The van der Waals surface area contributed by atoms with E-state index in [9.17, 15) is 14.0 Å². The number of rotatable bonds is 8. The van der Waals surface area contributed by atoms with Crippen molar-refractivity contribution in [3.8, 4) is 0 Å². The summed E-state index contributed by atoms with van der Waals surface area (Å²) in [5, 5.41) is 5.38. The van der Waals surface area contributed by atoms with Gasteiger partial charge in [-0.2, -0.15) is 0 Å². The van der Waals surface area contributed by atoms with Crippen molar-refractivity contribution in [1.29, 1.82) is 0 Å². The molecule has 2 aliphatic heterocycles. The lowest BCUT2D eigenvalue weighted by molar-refractivity contribution is -0.139. The minimum absolute atomic E-state index is 0.0553. The second kappa shape index (κ2) is 11.4. The van der Waals surface area contributed by atoms with E-state index in [-0.39, 0.29) is 24.5 Å². The van der Waals surface area contributed by atoms with Crippen LogP contribution in [0.4, 0.5) is 4.39 Å². The topological polar surface area (TPSA) is 83.9 Å². The van der Waals surface area contributed by atoms with Gasteiger partial charge in [-0.15, -0.1) is 0 Å². The highest BCUT2D eigenvalue weighted by Gasteiger charge is 2.42. The van der Waals surface area contributed by atoms with Crippen molar-refractivity contribution >= 4 is 34.5 Å². The van der Waals surface area contributed by atoms with E-state index >= 15 is 0 Å². The number of hydrogen-bond acceptors (Lipinski definition) is 7. The minimum Gasteiger partial charge on any atom is -0.463 e. The molecule has 0 radical (unpaired) electrons. The molecule has 1 N–H and O–H groups in total. The Labute approximate surface area is 224 Å². The van der Waals surface area contributed by atoms with Crippen LogP contribution in [0.2, 0.25) is 0 Å². The third-order valence-electron chi connectivity index (χ3n) is 6.10. The van der Waals surface area contributed by atoms with Crippen molar-refractivity contribution in [3.63, 3.8) is 0 Å². The molecular formula is C29H25FN4O3S. The third kappa shape index (κ3) is 5.38. The van der Waals surface area contributed by atoms with Crippen LogP contribution in [0.25, 0.3) is 5.70 Å². The molecule has 0 aliphatic carbocycles. The van der Waals surface area contributed by atoms with E-state index < -0.39 is 17.8 Å². The first-order valence-corrected chi connectivity index (χ1v) is 13.0. The molecule has 5 rings (SSSR count). The van der Waals surface area contributed by atoms with Crippen LogP contribution in [0, 0.1) is 5.82 Å². The number of fused-ring (bicyclic) bond motifs is 1. The maximum atomic E-state index is 14.5. The lowest BCUT2D eigenvalue weighted by atomic mass is 9.91. The van der Waals surface area contributed by atoms with E-state index in [0.717, 1.165) is 11.1 Å². The number of esters is 1. The maximum absolute atomic E-state index is 14.5. The van der Waals surface area contributed by atoms with Gasteiger partial charge in [0.15, 0.2) is 5.17 Å². The zero-order valence-corrected chi connectivity index (χ0v) is 21.5. The van der Waals surface area contributed by atoms with Crippen LogP contribution in [-0.4, -0.2) is 33.5 Å². The highest BCUT2D eigenvalue weighted by atomic mass is 32.2. The van der Waals surface area contributed by atoms with Gasteiger partial charge in [0.2, 0.25) is 5.91 Å². The summed E-state index contributed by atoms with van der Waals surface area (Å²) in [4.78, 5) is 37.1. The fourth-order valence-corrected chi connectivity index (χ4v) is 5.33. The molecule has 38 heavy (non-hydrogen) atoms. The number of benzene rings is 2. The van der Waals surface area contributed by atoms with Gasteiger partial charge in [-0.05, 0) is 47.7 Å². The fourth-order valence-electron chi connectivity index (χ4n) is 4.41. The number of amides is 1. The number of ether oxygens (including phenoxy) is 1. The number of amidine groups is 1. The fraction of sp³-hybridized carbons (Fsp3) is 0.172. The SMILES string of the molecule is CCOC(=O)C1=C(c2ccccc2)N=C2SC=C(CC(=O)NCc3ccncc3)N2C1c1cccc(F)c1. The molecule has 3 heterocycles. The normalized spacial score (nSPS) is 16.5. The van der Waals surface area contributed by atoms with Gasteiger partial charge in [0.1, 0.15) is 5.82 Å². The molecule has 0 bridgehead atoms. The van der Waals surface area contributed by atoms with Crippen molar-refractivity contribution in [1.82, 2.24) is 15.2 Å². The van der Waals surface area contributed by atoms with Crippen molar-refractivity contribution in [3.05, 3.63) is 118 Å². The summed E-state index contributed by atoms with van der Waals surface area (Å²) in [6, 6.07) is 18.4. The molecule has 0 saturated carbocycles. The molecule has 1 amide bonds. The largest absolute Gasteiger partial charge is 0.463 e. The number of nitrogens with zero attached hydrogens (tertiary/aromatic N) is 3. The number of aromatic nitrogens is 1. The van der Waals surface area contributed by atoms with Crippen molar-refractivity contribution in [2.24, 2.45) is 4.99 Å². The summed E-state index contributed by atoms with van der Waals surface area (Å²) in [6.07, 6.45) is 3.40. The Balaban J connectivity index is 1.53. The predicted octanol–water partition coefficient (Wildman–Crippen LogP) is 5.20. The van der Waals surface area contributed by atoms with E-state index in [4.69, 9.17) is 9.73 Å². The summed E-state index contributed by atoms with van der Waals surface area (Å²) < 4.78 is 19.9. The Bertz CT molecular complexity index is 1440. The van der Waals surface area contributed by atoms with Gasteiger partial charge in [0, 0.05) is 30.2 Å². The summed E-state index contributed by atoms with van der Waals surface area (Å²) in [7, 11) is 0. The number of aliphatic imine (C=N–C) groups is 1. The Hall–Kier alpha value is -4.24. The van der Waals surface area contributed by atoms with Gasteiger partial charge in [0.25, 0.3) is 0 Å². The number of hydrogen-bond donors (Lipinski definition) is 1. The number of halogens is 1. The number of nitrogens with one attached hydrogen (secondary N) is 1. The van der Waals surface area contributed by atoms with Gasteiger partial charge < -0.3 is 15.0 Å². The second-order valence-corrected chi connectivity index (χ2v) is 9.44. The average molecular weight is 529 g/mol. The summed E-state index contributed by atoms with van der Waals surface area (Å²) in [6.45, 7) is 2.27. The first kappa shape index (κ1) is 25.4. The smallest absolute Gasteiger partial charge is 0.338 e. The van der Waals surface area contributed by atoms with Gasteiger partial charge in [-0.1, -0.05) is 54.2 Å². The molecule has 2 aliphatic rings. The Morgan fingerprint density at radius 2 is 1.87 bits per heavy atom. The maximum Gasteiger partial charge on any atom is 0.338 e. The highest BCUT2D eigenvalue weighted by molar-refractivity contribution is 8.16. The summed E-state index contributed by atoms with van der Waals surface area (Å²) >= 11 is 1.36. The molecule has 0 spiro atoms. The zero-order chi connectivity index (χ0) is 26.5. The van der Waals surface area contributed by atoms with E-state index in [1.54, 1.807) is 31.5 Å². The average Bonchev–Trinajstić information content (AvgIpc) is 3.34. The molecule has 3 aromatic rings.